The summed E-state index contributed by atoms with van der Waals surface area (Å²) in [5.74, 6) is -1.07. The van der Waals surface area contributed by atoms with Crippen LogP contribution in [0.1, 0.15) is 26.2 Å². The molecule has 98 valence electrons. The Morgan fingerprint density at radius 2 is 2.35 bits per heavy atom. The number of carboxylic acid groups (broad SMARTS) is 1. The fourth-order valence-electron chi connectivity index (χ4n) is 1.82. The molecule has 0 radical (unpaired) electrons. The molecule has 1 aliphatic heterocycles. The van der Waals surface area contributed by atoms with Gasteiger partial charge in [0.05, 0.1) is 19.6 Å². The Kier molecular flexibility index (Phi) is 5.93. The normalized spacial score (nSPS) is 21.8. The number of hydrogen-bond donors (Lipinski definition) is 3. The van der Waals surface area contributed by atoms with Crippen LogP contribution in [-0.2, 0) is 14.3 Å². The Morgan fingerprint density at radius 1 is 1.59 bits per heavy atom. The van der Waals surface area contributed by atoms with Crippen molar-refractivity contribution < 1.29 is 19.4 Å². The van der Waals surface area contributed by atoms with Crippen LogP contribution in [0.25, 0.3) is 0 Å². The van der Waals surface area contributed by atoms with E-state index in [0.717, 1.165) is 6.42 Å². The molecule has 1 heterocycles. The molecule has 0 saturated carbocycles. The predicted octanol–water partition coefficient (Wildman–Crippen LogP) is -0.266. The lowest BCUT2D eigenvalue weighted by atomic mass is 10.1. The quantitative estimate of drug-likeness (QED) is 0.599. The first-order valence-electron chi connectivity index (χ1n) is 5.96. The van der Waals surface area contributed by atoms with Crippen LogP contribution in [0.15, 0.2) is 0 Å². The number of amides is 1. The number of nitrogens with one attached hydrogen (secondary N) is 2. The van der Waals surface area contributed by atoms with E-state index in [2.05, 4.69) is 10.6 Å². The standard InChI is InChI=1S/C11H20N2O4/c1-2-3-8(6-10(14)15)13-11(16)9-7-17-5-4-12-9/h8-9,12H,2-7H2,1H3,(H,13,16)(H,14,15). The molecular weight excluding hydrogens is 224 g/mol. The van der Waals surface area contributed by atoms with Gasteiger partial charge in [0.15, 0.2) is 0 Å². The Morgan fingerprint density at radius 3 is 2.88 bits per heavy atom. The second-order valence-electron chi connectivity index (χ2n) is 4.17. The summed E-state index contributed by atoms with van der Waals surface area (Å²) in [4.78, 5) is 22.5. The molecule has 2 atom stereocenters. The number of morpholine rings is 1. The number of ether oxygens (including phenoxy) is 1. The van der Waals surface area contributed by atoms with Gasteiger partial charge in [-0.1, -0.05) is 13.3 Å². The van der Waals surface area contributed by atoms with Crippen molar-refractivity contribution in [2.45, 2.75) is 38.3 Å². The number of carbonyl (C=O) groups is 2. The van der Waals surface area contributed by atoms with E-state index in [9.17, 15) is 9.59 Å². The molecular formula is C11H20N2O4. The molecule has 2 unspecified atom stereocenters. The van der Waals surface area contributed by atoms with Gasteiger partial charge in [0, 0.05) is 12.6 Å². The molecule has 1 fully saturated rings. The topological polar surface area (TPSA) is 87.7 Å². The summed E-state index contributed by atoms with van der Waals surface area (Å²) >= 11 is 0. The average Bonchev–Trinajstić information content (AvgIpc) is 2.29. The first kappa shape index (κ1) is 13.9. The van der Waals surface area contributed by atoms with E-state index in [1.54, 1.807) is 0 Å². The van der Waals surface area contributed by atoms with Crippen LogP contribution in [0, 0.1) is 0 Å². The SMILES string of the molecule is CCCC(CC(=O)O)NC(=O)C1COCCN1. The zero-order chi connectivity index (χ0) is 12.7. The van der Waals surface area contributed by atoms with Crippen LogP contribution in [-0.4, -0.2) is 48.8 Å². The fourth-order valence-corrected chi connectivity index (χ4v) is 1.82. The molecule has 6 nitrogen and oxygen atoms in total. The third-order valence-electron chi connectivity index (χ3n) is 2.64. The number of rotatable bonds is 6. The zero-order valence-electron chi connectivity index (χ0n) is 10.1. The number of carbonyl (C=O) groups excluding carboxylic acids is 1. The molecule has 1 amide bonds. The van der Waals surface area contributed by atoms with Crippen LogP contribution in [0.5, 0.6) is 0 Å². The molecule has 0 spiro atoms. The van der Waals surface area contributed by atoms with E-state index >= 15 is 0 Å². The van der Waals surface area contributed by atoms with Gasteiger partial charge in [-0.05, 0) is 6.42 Å². The highest BCUT2D eigenvalue weighted by molar-refractivity contribution is 5.82. The molecule has 1 saturated heterocycles. The van der Waals surface area contributed by atoms with Crippen molar-refractivity contribution in [3.63, 3.8) is 0 Å². The summed E-state index contributed by atoms with van der Waals surface area (Å²) in [5.41, 5.74) is 0. The van der Waals surface area contributed by atoms with Crippen LogP contribution >= 0.6 is 0 Å². The van der Waals surface area contributed by atoms with Gasteiger partial charge in [-0.3, -0.25) is 9.59 Å². The summed E-state index contributed by atoms with van der Waals surface area (Å²) in [6, 6.07) is -0.661. The van der Waals surface area contributed by atoms with Crippen molar-refractivity contribution in [3.8, 4) is 0 Å². The maximum Gasteiger partial charge on any atom is 0.305 e. The largest absolute Gasteiger partial charge is 0.481 e. The van der Waals surface area contributed by atoms with E-state index < -0.39 is 5.97 Å². The van der Waals surface area contributed by atoms with Gasteiger partial charge in [-0.2, -0.15) is 0 Å². The molecule has 6 heteroatoms. The second kappa shape index (κ2) is 7.24. The highest BCUT2D eigenvalue weighted by atomic mass is 16.5. The average molecular weight is 244 g/mol. The Bertz CT molecular complexity index is 264. The van der Waals surface area contributed by atoms with Gasteiger partial charge < -0.3 is 20.5 Å². The van der Waals surface area contributed by atoms with Crippen molar-refractivity contribution in [3.05, 3.63) is 0 Å². The second-order valence-corrected chi connectivity index (χ2v) is 4.17. The highest BCUT2D eigenvalue weighted by Gasteiger charge is 2.24. The van der Waals surface area contributed by atoms with Crippen molar-refractivity contribution in [1.29, 1.82) is 0 Å². The maximum atomic E-state index is 11.8. The fraction of sp³-hybridized carbons (Fsp3) is 0.818. The first-order chi connectivity index (χ1) is 8.13. The molecule has 0 bridgehead atoms. The Labute approximate surface area is 101 Å². The lowest BCUT2D eigenvalue weighted by molar-refractivity contribution is -0.138. The summed E-state index contributed by atoms with van der Waals surface area (Å²) < 4.78 is 5.19. The van der Waals surface area contributed by atoms with Crippen LogP contribution in [0.3, 0.4) is 0 Å². The minimum atomic E-state index is -0.892. The minimum Gasteiger partial charge on any atom is -0.481 e. The third kappa shape index (κ3) is 5.14. The molecule has 3 N–H and O–H groups in total. The first-order valence-corrected chi connectivity index (χ1v) is 5.96. The van der Waals surface area contributed by atoms with Gasteiger partial charge in [0.2, 0.25) is 5.91 Å². The number of carboxylic acids is 1. The highest BCUT2D eigenvalue weighted by Crippen LogP contribution is 2.03. The smallest absolute Gasteiger partial charge is 0.305 e. The monoisotopic (exact) mass is 244 g/mol. The summed E-state index contributed by atoms with van der Waals surface area (Å²) in [6.07, 6.45) is 1.48. The minimum absolute atomic E-state index is 0.0346. The van der Waals surface area contributed by atoms with Gasteiger partial charge in [0.1, 0.15) is 6.04 Å². The molecule has 0 aromatic heterocycles. The summed E-state index contributed by atoms with van der Waals surface area (Å²) in [6.45, 7) is 3.56. The predicted molar refractivity (Wildman–Crippen MR) is 61.7 cm³/mol. The van der Waals surface area contributed by atoms with E-state index in [0.29, 0.717) is 26.2 Å². The van der Waals surface area contributed by atoms with E-state index in [1.807, 2.05) is 6.92 Å². The van der Waals surface area contributed by atoms with Gasteiger partial charge >= 0.3 is 5.97 Å². The molecule has 1 aliphatic rings. The maximum absolute atomic E-state index is 11.8. The van der Waals surface area contributed by atoms with Crippen molar-refractivity contribution in [2.75, 3.05) is 19.8 Å². The van der Waals surface area contributed by atoms with E-state index in [-0.39, 0.29) is 24.4 Å². The zero-order valence-corrected chi connectivity index (χ0v) is 10.1. The van der Waals surface area contributed by atoms with Gasteiger partial charge in [-0.25, -0.2) is 0 Å². The lowest BCUT2D eigenvalue weighted by Crippen LogP contribution is -2.53. The molecule has 0 aliphatic carbocycles. The van der Waals surface area contributed by atoms with Crippen LogP contribution in [0.2, 0.25) is 0 Å². The van der Waals surface area contributed by atoms with Crippen LogP contribution < -0.4 is 10.6 Å². The molecule has 1 rings (SSSR count). The lowest BCUT2D eigenvalue weighted by Gasteiger charge is -2.25. The molecule has 17 heavy (non-hydrogen) atoms. The summed E-state index contributed by atoms with van der Waals surface area (Å²) in [7, 11) is 0. The number of hydrogen-bond acceptors (Lipinski definition) is 4. The van der Waals surface area contributed by atoms with Crippen molar-refractivity contribution >= 4 is 11.9 Å². The van der Waals surface area contributed by atoms with Gasteiger partial charge in [-0.15, -0.1) is 0 Å². The van der Waals surface area contributed by atoms with Crippen molar-refractivity contribution in [2.24, 2.45) is 0 Å². The molecule has 0 aromatic rings. The van der Waals surface area contributed by atoms with Crippen molar-refractivity contribution in [1.82, 2.24) is 10.6 Å². The summed E-state index contributed by atoms with van der Waals surface area (Å²) in [5, 5.41) is 14.5. The Hall–Kier alpha value is -1.14. The Balaban J connectivity index is 2.41. The third-order valence-corrected chi connectivity index (χ3v) is 2.64. The van der Waals surface area contributed by atoms with E-state index in [1.165, 1.54) is 0 Å². The van der Waals surface area contributed by atoms with Gasteiger partial charge in [0.25, 0.3) is 0 Å². The number of aliphatic carboxylic acids is 1. The molecule has 0 aromatic carbocycles. The van der Waals surface area contributed by atoms with Crippen LogP contribution in [0.4, 0.5) is 0 Å². The van der Waals surface area contributed by atoms with E-state index in [4.69, 9.17) is 9.84 Å².